The summed E-state index contributed by atoms with van der Waals surface area (Å²) in [6.07, 6.45) is 1.32. The van der Waals surface area contributed by atoms with Crippen LogP contribution in [0.2, 0.25) is 0 Å². The predicted molar refractivity (Wildman–Crippen MR) is 84.7 cm³/mol. The fraction of sp³-hybridized carbons (Fsp3) is 0.875. The smallest absolute Gasteiger partial charge is 0.410 e. The molecule has 1 heterocycles. The summed E-state index contributed by atoms with van der Waals surface area (Å²) >= 11 is 0. The van der Waals surface area contributed by atoms with Crippen LogP contribution in [0.3, 0.4) is 0 Å². The molecule has 1 atom stereocenters. The third kappa shape index (κ3) is 6.22. The Labute approximate surface area is 133 Å². The quantitative estimate of drug-likeness (QED) is 0.781. The Morgan fingerprint density at radius 3 is 2.41 bits per heavy atom. The lowest BCUT2D eigenvalue weighted by atomic mass is 10.1. The number of piperidine rings is 1. The van der Waals surface area contributed by atoms with Crippen LogP contribution in [-0.4, -0.2) is 66.3 Å². The normalized spacial score (nSPS) is 19.0. The average Bonchev–Trinajstić information content (AvgIpc) is 2.45. The van der Waals surface area contributed by atoms with E-state index in [1.54, 1.807) is 9.80 Å². The first kappa shape index (κ1) is 18.7. The molecule has 0 bridgehead atoms. The van der Waals surface area contributed by atoms with Crippen molar-refractivity contribution >= 4 is 12.0 Å². The van der Waals surface area contributed by atoms with Crippen molar-refractivity contribution in [2.24, 2.45) is 0 Å². The number of nitrogens with zero attached hydrogens (tertiary/aromatic N) is 2. The maximum Gasteiger partial charge on any atom is 0.410 e. The summed E-state index contributed by atoms with van der Waals surface area (Å²) in [4.78, 5) is 27.4. The van der Waals surface area contributed by atoms with E-state index in [9.17, 15) is 9.59 Å². The molecular weight excluding hydrogens is 284 g/mol. The second-order valence-electron chi connectivity index (χ2n) is 6.57. The highest BCUT2D eigenvalue weighted by molar-refractivity contribution is 5.77. The Balaban J connectivity index is 2.43. The highest BCUT2D eigenvalue weighted by Crippen LogP contribution is 2.17. The van der Waals surface area contributed by atoms with E-state index in [1.165, 1.54) is 0 Å². The molecule has 22 heavy (non-hydrogen) atoms. The Kier molecular flexibility index (Phi) is 7.13. The summed E-state index contributed by atoms with van der Waals surface area (Å²) < 4.78 is 11.1. The fourth-order valence-electron chi connectivity index (χ4n) is 2.42. The molecule has 0 unspecified atom stereocenters. The van der Waals surface area contributed by atoms with Gasteiger partial charge in [0, 0.05) is 19.6 Å². The van der Waals surface area contributed by atoms with Gasteiger partial charge in [-0.25, -0.2) is 4.79 Å². The van der Waals surface area contributed by atoms with Gasteiger partial charge in [-0.3, -0.25) is 4.79 Å². The summed E-state index contributed by atoms with van der Waals surface area (Å²) in [5.41, 5.74) is -0.496. The summed E-state index contributed by atoms with van der Waals surface area (Å²) in [7, 11) is 0. The van der Waals surface area contributed by atoms with Gasteiger partial charge in [-0.15, -0.1) is 0 Å². The van der Waals surface area contributed by atoms with Crippen LogP contribution in [0.15, 0.2) is 0 Å². The van der Waals surface area contributed by atoms with Crippen molar-refractivity contribution in [3.05, 3.63) is 0 Å². The Morgan fingerprint density at radius 1 is 1.23 bits per heavy atom. The molecule has 1 fully saturated rings. The number of carbonyl (C=O) groups excluding carboxylic acids is 2. The van der Waals surface area contributed by atoms with E-state index in [2.05, 4.69) is 0 Å². The van der Waals surface area contributed by atoms with Gasteiger partial charge >= 0.3 is 6.09 Å². The molecule has 0 spiro atoms. The predicted octanol–water partition coefficient (Wildman–Crippen LogP) is 2.27. The molecule has 0 radical (unpaired) electrons. The molecule has 0 aromatic heterocycles. The van der Waals surface area contributed by atoms with Crippen molar-refractivity contribution in [1.82, 2.24) is 9.80 Å². The maximum absolute atomic E-state index is 12.1. The molecule has 128 valence electrons. The van der Waals surface area contributed by atoms with E-state index in [0.717, 1.165) is 12.8 Å². The van der Waals surface area contributed by atoms with Crippen molar-refractivity contribution in [3.8, 4) is 0 Å². The standard InChI is InChI=1S/C16H30N2O4/c1-6-17(7-2)14(19)12-21-13-9-8-10-18(11-13)15(20)22-16(3,4)5/h13H,6-12H2,1-5H3/t13-/m0/s1. The van der Waals surface area contributed by atoms with Crippen LogP contribution in [0.1, 0.15) is 47.5 Å². The molecular formula is C16H30N2O4. The number of carbonyl (C=O) groups is 2. The number of amides is 2. The zero-order valence-electron chi connectivity index (χ0n) is 14.6. The minimum Gasteiger partial charge on any atom is -0.444 e. The molecule has 0 aromatic carbocycles. The maximum atomic E-state index is 12.1. The van der Waals surface area contributed by atoms with Crippen molar-refractivity contribution in [3.63, 3.8) is 0 Å². The first-order chi connectivity index (χ1) is 10.3. The van der Waals surface area contributed by atoms with Gasteiger partial charge in [0.25, 0.3) is 0 Å². The summed E-state index contributed by atoms with van der Waals surface area (Å²) in [5, 5.41) is 0. The molecule has 0 aliphatic carbocycles. The van der Waals surface area contributed by atoms with E-state index in [0.29, 0.717) is 26.2 Å². The Bertz CT molecular complexity index is 375. The van der Waals surface area contributed by atoms with Crippen molar-refractivity contribution in [1.29, 1.82) is 0 Å². The van der Waals surface area contributed by atoms with Crippen LogP contribution in [0, 0.1) is 0 Å². The van der Waals surface area contributed by atoms with Crippen molar-refractivity contribution in [2.45, 2.75) is 59.2 Å². The van der Waals surface area contributed by atoms with Crippen LogP contribution in [0.4, 0.5) is 4.79 Å². The number of likely N-dealkylation sites (tertiary alicyclic amines) is 1. The van der Waals surface area contributed by atoms with Crippen LogP contribution in [-0.2, 0) is 14.3 Å². The highest BCUT2D eigenvalue weighted by Gasteiger charge is 2.28. The lowest BCUT2D eigenvalue weighted by Gasteiger charge is -2.34. The van der Waals surface area contributed by atoms with Gasteiger partial charge in [-0.2, -0.15) is 0 Å². The van der Waals surface area contributed by atoms with Crippen LogP contribution < -0.4 is 0 Å². The van der Waals surface area contributed by atoms with Crippen LogP contribution in [0.5, 0.6) is 0 Å². The number of rotatable bonds is 5. The number of hydrogen-bond acceptors (Lipinski definition) is 4. The topological polar surface area (TPSA) is 59.1 Å². The highest BCUT2D eigenvalue weighted by atomic mass is 16.6. The lowest BCUT2D eigenvalue weighted by Crippen LogP contribution is -2.46. The molecule has 6 nitrogen and oxygen atoms in total. The molecule has 1 aliphatic rings. The molecule has 1 aliphatic heterocycles. The first-order valence-electron chi connectivity index (χ1n) is 8.14. The monoisotopic (exact) mass is 314 g/mol. The molecule has 6 heteroatoms. The number of hydrogen-bond donors (Lipinski definition) is 0. The average molecular weight is 314 g/mol. The molecule has 1 rings (SSSR count). The van der Waals surface area contributed by atoms with Gasteiger partial charge < -0.3 is 19.3 Å². The van der Waals surface area contributed by atoms with Crippen LogP contribution in [0.25, 0.3) is 0 Å². The van der Waals surface area contributed by atoms with Gasteiger partial charge in [0.2, 0.25) is 5.91 Å². The number of likely N-dealkylation sites (N-methyl/N-ethyl adjacent to an activating group) is 1. The van der Waals surface area contributed by atoms with Gasteiger partial charge in [0.15, 0.2) is 0 Å². The zero-order chi connectivity index (χ0) is 16.8. The molecule has 1 saturated heterocycles. The van der Waals surface area contributed by atoms with Gasteiger partial charge in [-0.05, 0) is 47.5 Å². The van der Waals surface area contributed by atoms with E-state index in [1.807, 2.05) is 34.6 Å². The fourth-order valence-corrected chi connectivity index (χ4v) is 2.42. The molecule has 0 saturated carbocycles. The summed E-state index contributed by atoms with van der Waals surface area (Å²) in [6, 6.07) is 0. The molecule has 2 amide bonds. The van der Waals surface area contributed by atoms with E-state index >= 15 is 0 Å². The first-order valence-corrected chi connectivity index (χ1v) is 8.14. The molecule has 0 N–H and O–H groups in total. The molecule has 0 aromatic rings. The lowest BCUT2D eigenvalue weighted by molar-refractivity contribution is -0.138. The number of ether oxygens (including phenoxy) is 2. The minimum atomic E-state index is -0.496. The Morgan fingerprint density at radius 2 is 1.86 bits per heavy atom. The second kappa shape index (κ2) is 8.36. The third-order valence-electron chi connectivity index (χ3n) is 3.59. The zero-order valence-corrected chi connectivity index (χ0v) is 14.6. The largest absolute Gasteiger partial charge is 0.444 e. The Hall–Kier alpha value is -1.30. The summed E-state index contributed by atoms with van der Waals surface area (Å²) in [6.45, 7) is 12.1. The SMILES string of the molecule is CCN(CC)C(=O)CO[C@H]1CCCN(C(=O)OC(C)(C)C)C1. The van der Waals surface area contributed by atoms with Crippen molar-refractivity contribution in [2.75, 3.05) is 32.8 Å². The van der Waals surface area contributed by atoms with E-state index in [4.69, 9.17) is 9.47 Å². The van der Waals surface area contributed by atoms with Gasteiger partial charge in [-0.1, -0.05) is 0 Å². The van der Waals surface area contributed by atoms with E-state index in [-0.39, 0.29) is 24.7 Å². The third-order valence-corrected chi connectivity index (χ3v) is 3.59. The van der Waals surface area contributed by atoms with Gasteiger partial charge in [0.05, 0.1) is 12.6 Å². The van der Waals surface area contributed by atoms with Gasteiger partial charge in [0.1, 0.15) is 12.2 Å². The summed E-state index contributed by atoms with van der Waals surface area (Å²) in [5.74, 6) is -0.000563. The second-order valence-corrected chi connectivity index (χ2v) is 6.57. The van der Waals surface area contributed by atoms with Crippen LogP contribution >= 0.6 is 0 Å². The van der Waals surface area contributed by atoms with E-state index < -0.39 is 5.60 Å². The minimum absolute atomic E-state index is 0.000563. The van der Waals surface area contributed by atoms with Crippen molar-refractivity contribution < 1.29 is 19.1 Å².